The first kappa shape index (κ1) is 16.1. The van der Waals surface area contributed by atoms with Gasteiger partial charge >= 0.3 is 0 Å². The molecule has 2 aromatic heterocycles. The highest BCUT2D eigenvalue weighted by Gasteiger charge is 2.12. The van der Waals surface area contributed by atoms with Gasteiger partial charge in [-0.15, -0.1) is 11.3 Å². The number of hydrogen-bond donors (Lipinski definition) is 1. The van der Waals surface area contributed by atoms with Crippen LogP contribution in [0.5, 0.6) is 0 Å². The van der Waals surface area contributed by atoms with Gasteiger partial charge in [-0.1, -0.05) is 36.4 Å². The zero-order valence-corrected chi connectivity index (χ0v) is 14.0. The topological polar surface area (TPSA) is 64.0 Å². The number of thiophene rings is 1. The Morgan fingerprint density at radius 1 is 1.17 bits per heavy atom. The molecule has 0 unspecified atom stereocenters. The van der Waals surface area contributed by atoms with Gasteiger partial charge in [-0.2, -0.15) is 5.10 Å². The summed E-state index contributed by atoms with van der Waals surface area (Å²) in [6.07, 6.45) is 0. The van der Waals surface area contributed by atoms with Crippen LogP contribution in [0.2, 0.25) is 0 Å². The van der Waals surface area contributed by atoms with Crippen LogP contribution in [-0.2, 0) is 11.3 Å². The molecule has 1 atom stereocenters. The van der Waals surface area contributed by atoms with E-state index >= 15 is 0 Å². The third kappa shape index (κ3) is 3.78. The van der Waals surface area contributed by atoms with Crippen molar-refractivity contribution in [3.8, 4) is 10.6 Å². The van der Waals surface area contributed by atoms with Crippen molar-refractivity contribution in [3.63, 3.8) is 0 Å². The highest BCUT2D eigenvalue weighted by molar-refractivity contribution is 7.13. The molecule has 0 radical (unpaired) electrons. The minimum Gasteiger partial charge on any atom is -0.348 e. The molecule has 0 spiro atoms. The lowest BCUT2D eigenvalue weighted by atomic mass is 10.1. The molecule has 1 amide bonds. The number of benzene rings is 1. The molecule has 1 aromatic carbocycles. The highest BCUT2D eigenvalue weighted by atomic mass is 32.1. The van der Waals surface area contributed by atoms with E-state index < -0.39 is 0 Å². The van der Waals surface area contributed by atoms with Crippen molar-refractivity contribution in [1.82, 2.24) is 15.1 Å². The molecule has 0 aliphatic rings. The summed E-state index contributed by atoms with van der Waals surface area (Å²) >= 11 is 1.54. The average molecular weight is 339 g/mol. The number of carbonyl (C=O) groups excluding carboxylic acids is 1. The van der Waals surface area contributed by atoms with E-state index in [0.717, 1.165) is 10.4 Å². The van der Waals surface area contributed by atoms with E-state index in [4.69, 9.17) is 0 Å². The Morgan fingerprint density at radius 3 is 2.67 bits per heavy atom. The lowest BCUT2D eigenvalue weighted by molar-refractivity contribution is -0.122. The van der Waals surface area contributed by atoms with E-state index in [1.165, 1.54) is 22.1 Å². The van der Waals surface area contributed by atoms with Crippen molar-refractivity contribution < 1.29 is 4.79 Å². The van der Waals surface area contributed by atoms with E-state index in [-0.39, 0.29) is 24.1 Å². The molecule has 0 saturated heterocycles. The summed E-state index contributed by atoms with van der Waals surface area (Å²) in [6, 6.07) is 16.5. The second-order valence-corrected chi connectivity index (χ2v) is 6.34. The zero-order chi connectivity index (χ0) is 16.9. The van der Waals surface area contributed by atoms with Gasteiger partial charge in [0.25, 0.3) is 5.56 Å². The molecule has 6 heteroatoms. The predicted molar refractivity (Wildman–Crippen MR) is 94.8 cm³/mol. The standard InChI is InChI=1S/C18H17N3O2S/c1-13(14-6-3-2-4-7-14)19-17(22)12-21-18(23)10-9-15(20-21)16-8-5-11-24-16/h2-11,13H,12H2,1H3,(H,19,22)/t13-/m1/s1. The van der Waals surface area contributed by atoms with Gasteiger partial charge in [0.05, 0.1) is 10.9 Å². The molecule has 5 nitrogen and oxygen atoms in total. The summed E-state index contributed by atoms with van der Waals surface area (Å²) in [7, 11) is 0. The van der Waals surface area contributed by atoms with Gasteiger partial charge in [-0.3, -0.25) is 9.59 Å². The van der Waals surface area contributed by atoms with E-state index in [1.54, 1.807) is 6.07 Å². The van der Waals surface area contributed by atoms with Gasteiger partial charge in [-0.25, -0.2) is 4.68 Å². The Hall–Kier alpha value is -2.73. The van der Waals surface area contributed by atoms with Crippen LogP contribution in [0.15, 0.2) is 64.8 Å². The second-order valence-electron chi connectivity index (χ2n) is 5.39. The van der Waals surface area contributed by atoms with Crippen LogP contribution in [0.25, 0.3) is 10.6 Å². The fourth-order valence-electron chi connectivity index (χ4n) is 2.37. The molecule has 0 fully saturated rings. The maximum absolute atomic E-state index is 12.2. The normalized spacial score (nSPS) is 11.9. The molecule has 0 aliphatic heterocycles. The molecule has 3 rings (SSSR count). The largest absolute Gasteiger partial charge is 0.348 e. The van der Waals surface area contributed by atoms with Crippen molar-refractivity contribution in [2.24, 2.45) is 0 Å². The first-order valence-corrected chi connectivity index (χ1v) is 8.48. The molecular weight excluding hydrogens is 322 g/mol. The average Bonchev–Trinajstić information content (AvgIpc) is 3.12. The Morgan fingerprint density at radius 2 is 1.96 bits per heavy atom. The van der Waals surface area contributed by atoms with Crippen molar-refractivity contribution in [3.05, 3.63) is 75.9 Å². The SMILES string of the molecule is C[C@@H](NC(=O)Cn1nc(-c2cccs2)ccc1=O)c1ccccc1. The summed E-state index contributed by atoms with van der Waals surface area (Å²) in [4.78, 5) is 25.2. The summed E-state index contributed by atoms with van der Waals surface area (Å²) in [6.45, 7) is 1.81. The van der Waals surface area contributed by atoms with Crippen molar-refractivity contribution in [1.29, 1.82) is 0 Å². The van der Waals surface area contributed by atoms with Crippen LogP contribution in [0.1, 0.15) is 18.5 Å². The lowest BCUT2D eigenvalue weighted by Gasteiger charge is -2.14. The zero-order valence-electron chi connectivity index (χ0n) is 13.2. The van der Waals surface area contributed by atoms with Crippen LogP contribution in [-0.4, -0.2) is 15.7 Å². The quantitative estimate of drug-likeness (QED) is 0.777. The Labute approximate surface area is 143 Å². The van der Waals surface area contributed by atoms with Gasteiger partial charge in [0.2, 0.25) is 5.91 Å². The minimum absolute atomic E-state index is 0.102. The molecular formula is C18H17N3O2S. The van der Waals surface area contributed by atoms with E-state index in [2.05, 4.69) is 10.4 Å². The van der Waals surface area contributed by atoms with Crippen LogP contribution in [0.3, 0.4) is 0 Å². The third-order valence-electron chi connectivity index (χ3n) is 3.61. The van der Waals surface area contributed by atoms with Crippen molar-refractivity contribution in [2.75, 3.05) is 0 Å². The van der Waals surface area contributed by atoms with Gasteiger partial charge < -0.3 is 5.32 Å². The number of nitrogens with zero attached hydrogens (tertiary/aromatic N) is 2. The minimum atomic E-state index is -0.294. The number of rotatable bonds is 5. The smallest absolute Gasteiger partial charge is 0.267 e. The predicted octanol–water partition coefficient (Wildman–Crippen LogP) is 2.85. The van der Waals surface area contributed by atoms with Crippen molar-refractivity contribution in [2.45, 2.75) is 19.5 Å². The van der Waals surface area contributed by atoms with Crippen LogP contribution < -0.4 is 10.9 Å². The summed E-state index contributed by atoms with van der Waals surface area (Å²) in [5.41, 5.74) is 1.41. The maximum Gasteiger partial charge on any atom is 0.267 e. The van der Waals surface area contributed by atoms with Gasteiger partial charge in [0.15, 0.2) is 0 Å². The number of aromatic nitrogens is 2. The molecule has 2 heterocycles. The lowest BCUT2D eigenvalue weighted by Crippen LogP contribution is -2.34. The van der Waals surface area contributed by atoms with E-state index in [0.29, 0.717) is 5.69 Å². The second kappa shape index (κ2) is 7.23. The van der Waals surface area contributed by atoms with Crippen LogP contribution in [0.4, 0.5) is 0 Å². The Bertz CT molecular complexity index is 873. The molecule has 122 valence electrons. The molecule has 0 aliphatic carbocycles. The molecule has 0 bridgehead atoms. The van der Waals surface area contributed by atoms with Crippen molar-refractivity contribution >= 4 is 17.2 Å². The number of nitrogens with one attached hydrogen (secondary N) is 1. The fourth-order valence-corrected chi connectivity index (χ4v) is 3.06. The first-order valence-electron chi connectivity index (χ1n) is 7.60. The summed E-state index contributed by atoms with van der Waals surface area (Å²) < 4.78 is 1.20. The number of hydrogen-bond acceptors (Lipinski definition) is 4. The molecule has 3 aromatic rings. The fraction of sp³-hybridized carbons (Fsp3) is 0.167. The molecule has 24 heavy (non-hydrogen) atoms. The molecule has 1 N–H and O–H groups in total. The van der Waals surface area contributed by atoms with Gasteiger partial charge in [0, 0.05) is 6.07 Å². The summed E-state index contributed by atoms with van der Waals surface area (Å²) in [5, 5.41) is 9.12. The molecule has 0 saturated carbocycles. The summed E-state index contributed by atoms with van der Waals surface area (Å²) in [5.74, 6) is -0.246. The maximum atomic E-state index is 12.2. The number of amides is 1. The van der Waals surface area contributed by atoms with Crippen LogP contribution >= 0.6 is 11.3 Å². The third-order valence-corrected chi connectivity index (χ3v) is 4.50. The Balaban J connectivity index is 1.72. The van der Waals surface area contributed by atoms with E-state index in [9.17, 15) is 9.59 Å². The first-order chi connectivity index (χ1) is 11.6. The van der Waals surface area contributed by atoms with Gasteiger partial charge in [0.1, 0.15) is 12.2 Å². The monoisotopic (exact) mass is 339 g/mol. The van der Waals surface area contributed by atoms with Gasteiger partial charge in [-0.05, 0) is 30.0 Å². The number of carbonyl (C=O) groups is 1. The van der Waals surface area contributed by atoms with E-state index in [1.807, 2.05) is 54.8 Å². The Kier molecular flexibility index (Phi) is 4.86. The van der Waals surface area contributed by atoms with Crippen LogP contribution in [0, 0.1) is 0 Å². The highest BCUT2D eigenvalue weighted by Crippen LogP contribution is 2.21.